The molecule has 0 spiro atoms. The number of aromatic nitrogens is 3. The second-order valence-electron chi connectivity index (χ2n) is 4.93. The van der Waals surface area contributed by atoms with E-state index in [9.17, 15) is 0 Å². The van der Waals surface area contributed by atoms with Crippen molar-refractivity contribution in [2.75, 3.05) is 0 Å². The number of fused-ring (bicyclic) bond motifs is 1. The zero-order valence-electron chi connectivity index (χ0n) is 10.3. The van der Waals surface area contributed by atoms with Gasteiger partial charge in [0.25, 0.3) is 0 Å². The predicted octanol–water partition coefficient (Wildman–Crippen LogP) is 3.08. The van der Waals surface area contributed by atoms with E-state index in [1.54, 1.807) is 0 Å². The third-order valence-electron chi connectivity index (χ3n) is 3.40. The van der Waals surface area contributed by atoms with Crippen LogP contribution in [0.5, 0.6) is 0 Å². The van der Waals surface area contributed by atoms with E-state index < -0.39 is 0 Å². The molecule has 0 saturated carbocycles. The molecule has 1 aliphatic rings. The highest BCUT2D eigenvalue weighted by molar-refractivity contribution is 5.74. The van der Waals surface area contributed by atoms with Gasteiger partial charge in [-0.1, -0.05) is 12.2 Å². The Morgan fingerprint density at radius 1 is 1.35 bits per heavy atom. The minimum atomic E-state index is 0.650. The van der Waals surface area contributed by atoms with Crippen molar-refractivity contribution in [3.8, 4) is 0 Å². The van der Waals surface area contributed by atoms with Crippen LogP contribution in [-0.4, -0.2) is 15.0 Å². The highest BCUT2D eigenvalue weighted by Crippen LogP contribution is 2.22. The molecule has 3 heteroatoms. The van der Waals surface area contributed by atoms with Crippen LogP contribution in [0.25, 0.3) is 11.2 Å². The Labute approximate surface area is 101 Å². The standard InChI is InChI=1S/C14H17N3/c1-9-7-10(2)15-14-13(9)16-12(17-14)8-11-5-3-4-6-11/h3,5,7,11H,4,6,8H2,1-2H3,(H,15,16,17). The Morgan fingerprint density at radius 3 is 3.00 bits per heavy atom. The van der Waals surface area contributed by atoms with Gasteiger partial charge < -0.3 is 4.98 Å². The average molecular weight is 227 g/mol. The summed E-state index contributed by atoms with van der Waals surface area (Å²) in [6, 6.07) is 2.10. The number of rotatable bonds is 2. The molecular formula is C14H17N3. The maximum absolute atomic E-state index is 4.60. The zero-order chi connectivity index (χ0) is 11.8. The van der Waals surface area contributed by atoms with Crippen molar-refractivity contribution in [3.05, 3.63) is 35.3 Å². The van der Waals surface area contributed by atoms with Crippen molar-refractivity contribution in [1.82, 2.24) is 15.0 Å². The van der Waals surface area contributed by atoms with Crippen molar-refractivity contribution in [3.63, 3.8) is 0 Å². The zero-order valence-corrected chi connectivity index (χ0v) is 10.3. The molecule has 2 aromatic heterocycles. The van der Waals surface area contributed by atoms with Gasteiger partial charge in [-0.3, -0.25) is 0 Å². The van der Waals surface area contributed by atoms with Crippen LogP contribution >= 0.6 is 0 Å². The second-order valence-corrected chi connectivity index (χ2v) is 4.93. The van der Waals surface area contributed by atoms with Gasteiger partial charge in [0, 0.05) is 12.1 Å². The Hall–Kier alpha value is -1.64. The van der Waals surface area contributed by atoms with Gasteiger partial charge in [-0.05, 0) is 44.2 Å². The number of imidazole rings is 1. The molecule has 88 valence electrons. The third kappa shape index (κ3) is 1.97. The van der Waals surface area contributed by atoms with Gasteiger partial charge in [0.15, 0.2) is 5.65 Å². The Kier molecular flexibility index (Phi) is 2.46. The molecule has 0 aromatic carbocycles. The Balaban J connectivity index is 1.95. The first-order chi connectivity index (χ1) is 8.22. The molecule has 3 rings (SSSR count). The topological polar surface area (TPSA) is 41.6 Å². The summed E-state index contributed by atoms with van der Waals surface area (Å²) in [4.78, 5) is 12.5. The van der Waals surface area contributed by atoms with E-state index in [1.807, 2.05) is 6.92 Å². The van der Waals surface area contributed by atoms with Crippen molar-refractivity contribution >= 4 is 11.2 Å². The summed E-state index contributed by atoms with van der Waals surface area (Å²) in [5.74, 6) is 1.72. The van der Waals surface area contributed by atoms with Gasteiger partial charge in [0.05, 0.1) is 5.52 Å². The fourth-order valence-electron chi connectivity index (χ4n) is 2.56. The number of nitrogens with zero attached hydrogens (tertiary/aromatic N) is 2. The summed E-state index contributed by atoms with van der Waals surface area (Å²) in [5, 5.41) is 0. The number of aromatic amines is 1. The molecule has 0 radical (unpaired) electrons. The molecule has 17 heavy (non-hydrogen) atoms. The monoisotopic (exact) mass is 227 g/mol. The molecule has 1 aliphatic carbocycles. The lowest BCUT2D eigenvalue weighted by Crippen LogP contribution is -1.99. The summed E-state index contributed by atoms with van der Waals surface area (Å²) in [6.45, 7) is 4.12. The number of aryl methyl sites for hydroxylation is 2. The van der Waals surface area contributed by atoms with Crippen molar-refractivity contribution in [2.45, 2.75) is 33.1 Å². The van der Waals surface area contributed by atoms with Gasteiger partial charge in [0.2, 0.25) is 0 Å². The van der Waals surface area contributed by atoms with Gasteiger partial charge in [-0.25, -0.2) is 9.97 Å². The average Bonchev–Trinajstić information content (AvgIpc) is 2.87. The lowest BCUT2D eigenvalue weighted by Gasteiger charge is -2.02. The van der Waals surface area contributed by atoms with Gasteiger partial charge >= 0.3 is 0 Å². The van der Waals surface area contributed by atoms with E-state index in [0.29, 0.717) is 5.92 Å². The lowest BCUT2D eigenvalue weighted by atomic mass is 10.1. The van der Waals surface area contributed by atoms with Crippen molar-refractivity contribution in [1.29, 1.82) is 0 Å². The SMILES string of the molecule is Cc1cc(C)c2[nH]c(CC3C=CCC3)nc2n1. The number of H-pyrrole nitrogens is 1. The maximum atomic E-state index is 4.60. The normalized spacial score (nSPS) is 19.3. The summed E-state index contributed by atoms with van der Waals surface area (Å²) in [5.41, 5.74) is 4.22. The summed E-state index contributed by atoms with van der Waals surface area (Å²) >= 11 is 0. The van der Waals surface area contributed by atoms with Crippen molar-refractivity contribution in [2.24, 2.45) is 5.92 Å². The van der Waals surface area contributed by atoms with Crippen LogP contribution in [0.2, 0.25) is 0 Å². The Bertz CT molecular complexity index is 580. The van der Waals surface area contributed by atoms with Gasteiger partial charge in [-0.2, -0.15) is 0 Å². The van der Waals surface area contributed by atoms with E-state index in [4.69, 9.17) is 0 Å². The van der Waals surface area contributed by atoms with Crippen LogP contribution in [0, 0.1) is 19.8 Å². The summed E-state index contributed by atoms with van der Waals surface area (Å²) in [6.07, 6.45) is 8.04. The molecule has 1 unspecified atom stereocenters. The molecule has 0 saturated heterocycles. The first-order valence-corrected chi connectivity index (χ1v) is 6.22. The van der Waals surface area contributed by atoms with E-state index in [1.165, 1.54) is 18.4 Å². The second kappa shape index (κ2) is 3.99. The molecule has 1 N–H and O–H groups in total. The van der Waals surface area contributed by atoms with E-state index in [2.05, 4.69) is 40.1 Å². The minimum absolute atomic E-state index is 0.650. The Morgan fingerprint density at radius 2 is 2.24 bits per heavy atom. The minimum Gasteiger partial charge on any atom is -0.340 e. The highest BCUT2D eigenvalue weighted by atomic mass is 15.0. The van der Waals surface area contributed by atoms with Crippen molar-refractivity contribution < 1.29 is 0 Å². The maximum Gasteiger partial charge on any atom is 0.178 e. The molecule has 1 atom stereocenters. The van der Waals surface area contributed by atoms with Crippen LogP contribution in [0.3, 0.4) is 0 Å². The number of allylic oxidation sites excluding steroid dienone is 2. The lowest BCUT2D eigenvalue weighted by molar-refractivity contribution is 0.613. The van der Waals surface area contributed by atoms with Gasteiger partial charge in [0.1, 0.15) is 5.82 Å². The highest BCUT2D eigenvalue weighted by Gasteiger charge is 2.13. The van der Waals surface area contributed by atoms with Crippen LogP contribution in [0.1, 0.15) is 29.9 Å². The van der Waals surface area contributed by atoms with E-state index in [0.717, 1.165) is 29.1 Å². The van der Waals surface area contributed by atoms with Crippen LogP contribution in [0.4, 0.5) is 0 Å². The molecule has 0 aliphatic heterocycles. The van der Waals surface area contributed by atoms with E-state index in [-0.39, 0.29) is 0 Å². The number of hydrogen-bond donors (Lipinski definition) is 1. The largest absolute Gasteiger partial charge is 0.340 e. The van der Waals surface area contributed by atoms with Crippen LogP contribution in [-0.2, 0) is 6.42 Å². The molecule has 0 fully saturated rings. The molecule has 2 aromatic rings. The van der Waals surface area contributed by atoms with E-state index >= 15 is 0 Å². The quantitative estimate of drug-likeness (QED) is 0.801. The van der Waals surface area contributed by atoms with Gasteiger partial charge in [-0.15, -0.1) is 0 Å². The molecule has 3 nitrogen and oxygen atoms in total. The predicted molar refractivity (Wildman–Crippen MR) is 68.9 cm³/mol. The summed E-state index contributed by atoms with van der Waals surface area (Å²) in [7, 11) is 0. The number of nitrogens with one attached hydrogen (secondary N) is 1. The smallest absolute Gasteiger partial charge is 0.178 e. The fourth-order valence-corrected chi connectivity index (χ4v) is 2.56. The third-order valence-corrected chi connectivity index (χ3v) is 3.40. The number of pyridine rings is 1. The van der Waals surface area contributed by atoms with Crippen LogP contribution < -0.4 is 0 Å². The summed E-state index contributed by atoms with van der Waals surface area (Å²) < 4.78 is 0. The number of hydrogen-bond acceptors (Lipinski definition) is 2. The molecule has 2 heterocycles. The molecule has 0 bridgehead atoms. The van der Waals surface area contributed by atoms with Crippen LogP contribution in [0.15, 0.2) is 18.2 Å². The first-order valence-electron chi connectivity index (χ1n) is 6.22. The fraction of sp³-hybridized carbons (Fsp3) is 0.429. The molecular weight excluding hydrogens is 210 g/mol. The first kappa shape index (κ1) is 10.5. The molecule has 0 amide bonds.